The molecule has 0 saturated carbocycles. The molecule has 0 aliphatic carbocycles. The SMILES string of the molecule is CC(C)=C/C=C(/C(=O)O)C(C)C.CC/C(=C/C=C(C)C)C(=O)O. The van der Waals surface area contributed by atoms with E-state index in [-0.39, 0.29) is 5.92 Å². The van der Waals surface area contributed by atoms with Gasteiger partial charge in [0.15, 0.2) is 0 Å². The molecule has 0 aliphatic heterocycles. The molecular formula is C19H30O4. The van der Waals surface area contributed by atoms with E-state index in [0.717, 1.165) is 11.1 Å². The largest absolute Gasteiger partial charge is 0.478 e. The van der Waals surface area contributed by atoms with E-state index in [9.17, 15) is 9.59 Å². The van der Waals surface area contributed by atoms with Gasteiger partial charge in [-0.25, -0.2) is 9.59 Å². The van der Waals surface area contributed by atoms with Crippen LogP contribution in [0.2, 0.25) is 0 Å². The number of carboxylic acids is 2. The van der Waals surface area contributed by atoms with Crippen molar-refractivity contribution in [2.45, 2.75) is 54.9 Å². The molecule has 0 aliphatic rings. The first-order chi connectivity index (χ1) is 10.5. The number of hydrogen-bond donors (Lipinski definition) is 2. The summed E-state index contributed by atoms with van der Waals surface area (Å²) in [6.07, 6.45) is 7.52. The number of carbonyl (C=O) groups is 2. The third-order valence-electron chi connectivity index (χ3n) is 2.74. The van der Waals surface area contributed by atoms with Crippen LogP contribution >= 0.6 is 0 Å². The van der Waals surface area contributed by atoms with Crippen molar-refractivity contribution in [2.24, 2.45) is 5.92 Å². The van der Waals surface area contributed by atoms with Crippen LogP contribution in [0.3, 0.4) is 0 Å². The maximum Gasteiger partial charge on any atom is 0.331 e. The Labute approximate surface area is 139 Å². The second-order valence-electron chi connectivity index (χ2n) is 5.92. The second-order valence-corrected chi connectivity index (χ2v) is 5.92. The first-order valence-corrected chi connectivity index (χ1v) is 7.68. The summed E-state index contributed by atoms with van der Waals surface area (Å²) in [5.41, 5.74) is 3.12. The van der Waals surface area contributed by atoms with Crippen LogP contribution in [-0.2, 0) is 9.59 Å². The minimum Gasteiger partial charge on any atom is -0.478 e. The smallest absolute Gasteiger partial charge is 0.331 e. The zero-order valence-corrected chi connectivity index (χ0v) is 15.3. The fourth-order valence-electron chi connectivity index (χ4n) is 1.37. The lowest BCUT2D eigenvalue weighted by Gasteiger charge is -2.03. The van der Waals surface area contributed by atoms with Gasteiger partial charge in [0.1, 0.15) is 0 Å². The predicted octanol–water partition coefficient (Wildman–Crippen LogP) is 4.99. The van der Waals surface area contributed by atoms with Gasteiger partial charge in [0.2, 0.25) is 0 Å². The minimum atomic E-state index is -0.831. The van der Waals surface area contributed by atoms with Crippen molar-refractivity contribution in [3.05, 3.63) is 46.6 Å². The number of allylic oxidation sites excluding steroid dienone is 6. The van der Waals surface area contributed by atoms with Gasteiger partial charge in [0.05, 0.1) is 0 Å². The highest BCUT2D eigenvalue weighted by Crippen LogP contribution is 2.10. The Kier molecular flexibility index (Phi) is 12.5. The molecule has 0 radical (unpaired) electrons. The van der Waals surface area contributed by atoms with E-state index in [4.69, 9.17) is 10.2 Å². The zero-order valence-electron chi connectivity index (χ0n) is 15.3. The highest BCUT2D eigenvalue weighted by atomic mass is 16.4. The first kappa shape index (κ1) is 23.2. The molecule has 0 aromatic rings. The summed E-state index contributed by atoms with van der Waals surface area (Å²) in [5, 5.41) is 17.3. The summed E-state index contributed by atoms with van der Waals surface area (Å²) in [5.74, 6) is -1.59. The predicted molar refractivity (Wildman–Crippen MR) is 95.4 cm³/mol. The maximum atomic E-state index is 10.7. The number of hydrogen-bond acceptors (Lipinski definition) is 2. The zero-order chi connectivity index (χ0) is 18.6. The highest BCUT2D eigenvalue weighted by molar-refractivity contribution is 5.87. The maximum absolute atomic E-state index is 10.7. The van der Waals surface area contributed by atoms with Crippen molar-refractivity contribution in [1.29, 1.82) is 0 Å². The van der Waals surface area contributed by atoms with E-state index in [1.54, 1.807) is 12.2 Å². The molecule has 0 amide bonds. The fraction of sp³-hybridized carbons (Fsp3) is 0.474. The molecule has 0 spiro atoms. The van der Waals surface area contributed by atoms with Crippen molar-refractivity contribution in [1.82, 2.24) is 0 Å². The van der Waals surface area contributed by atoms with Crippen LogP contribution in [0, 0.1) is 5.92 Å². The average Bonchev–Trinajstić information content (AvgIpc) is 2.38. The summed E-state index contributed by atoms with van der Waals surface area (Å²) >= 11 is 0. The Bertz CT molecular complexity index is 509. The molecule has 23 heavy (non-hydrogen) atoms. The van der Waals surface area contributed by atoms with Crippen molar-refractivity contribution < 1.29 is 19.8 Å². The number of carboxylic acid groups (broad SMARTS) is 2. The Hall–Kier alpha value is -2.10. The quantitative estimate of drug-likeness (QED) is 0.533. The van der Waals surface area contributed by atoms with Crippen molar-refractivity contribution >= 4 is 11.9 Å². The molecule has 0 bridgehead atoms. The minimum absolute atomic E-state index is 0.0677. The third kappa shape index (κ3) is 13.3. The molecule has 4 nitrogen and oxygen atoms in total. The summed E-state index contributed by atoms with van der Waals surface area (Å²) in [4.78, 5) is 21.1. The van der Waals surface area contributed by atoms with E-state index in [2.05, 4.69) is 0 Å². The molecule has 130 valence electrons. The summed E-state index contributed by atoms with van der Waals surface area (Å²) in [6.45, 7) is 13.3. The lowest BCUT2D eigenvalue weighted by molar-refractivity contribution is -0.134. The van der Waals surface area contributed by atoms with Gasteiger partial charge in [-0.15, -0.1) is 0 Å². The number of rotatable bonds is 6. The molecule has 0 rings (SSSR count). The third-order valence-corrected chi connectivity index (χ3v) is 2.74. The topological polar surface area (TPSA) is 74.6 Å². The van der Waals surface area contributed by atoms with Gasteiger partial charge in [-0.2, -0.15) is 0 Å². The van der Waals surface area contributed by atoms with Crippen molar-refractivity contribution in [2.75, 3.05) is 0 Å². The van der Waals surface area contributed by atoms with E-state index in [0.29, 0.717) is 17.6 Å². The van der Waals surface area contributed by atoms with Crippen LogP contribution in [-0.4, -0.2) is 22.2 Å². The van der Waals surface area contributed by atoms with E-state index < -0.39 is 11.9 Å². The van der Waals surface area contributed by atoms with Crippen molar-refractivity contribution in [3.63, 3.8) is 0 Å². The van der Waals surface area contributed by atoms with Gasteiger partial charge < -0.3 is 10.2 Å². The molecule has 0 aromatic heterocycles. The highest BCUT2D eigenvalue weighted by Gasteiger charge is 2.09. The summed E-state index contributed by atoms with van der Waals surface area (Å²) < 4.78 is 0. The van der Waals surface area contributed by atoms with Crippen LogP contribution in [0.1, 0.15) is 54.9 Å². The van der Waals surface area contributed by atoms with E-state index >= 15 is 0 Å². The molecule has 0 heterocycles. The Morgan fingerprint density at radius 2 is 1.26 bits per heavy atom. The van der Waals surface area contributed by atoms with Crippen molar-refractivity contribution in [3.8, 4) is 0 Å². The summed E-state index contributed by atoms with van der Waals surface area (Å²) in [6, 6.07) is 0. The fourth-order valence-corrected chi connectivity index (χ4v) is 1.37. The molecule has 0 aromatic carbocycles. The molecule has 0 saturated heterocycles. The molecule has 4 heteroatoms. The molecule has 2 N–H and O–H groups in total. The van der Waals surface area contributed by atoms with Gasteiger partial charge in [-0.1, -0.05) is 56.2 Å². The Morgan fingerprint density at radius 1 is 0.826 bits per heavy atom. The van der Waals surface area contributed by atoms with Gasteiger partial charge in [-0.3, -0.25) is 0 Å². The standard InChI is InChI=1S/C10H16O2.C9H14O2/c1-7(2)5-6-9(8(3)4)10(11)12;1-4-8(9(10)11)6-5-7(2)3/h5-6,8H,1-4H3,(H,11,12);5-6H,4H2,1-3H3,(H,10,11)/b9-6+;8-6-. The summed E-state index contributed by atoms with van der Waals surface area (Å²) in [7, 11) is 0. The van der Waals surface area contributed by atoms with Gasteiger partial charge in [-0.05, 0) is 40.0 Å². The monoisotopic (exact) mass is 322 g/mol. The molecule has 0 atom stereocenters. The lowest BCUT2D eigenvalue weighted by atomic mass is 10.0. The van der Waals surface area contributed by atoms with Gasteiger partial charge in [0.25, 0.3) is 0 Å². The van der Waals surface area contributed by atoms with Crippen LogP contribution < -0.4 is 0 Å². The lowest BCUT2D eigenvalue weighted by Crippen LogP contribution is -2.06. The number of aliphatic carboxylic acids is 2. The van der Waals surface area contributed by atoms with Crippen LogP contribution in [0.25, 0.3) is 0 Å². The van der Waals surface area contributed by atoms with Gasteiger partial charge in [0, 0.05) is 11.1 Å². The molecule has 0 unspecified atom stereocenters. The second kappa shape index (κ2) is 12.4. The first-order valence-electron chi connectivity index (χ1n) is 7.68. The molecule has 0 fully saturated rings. The normalized spacial score (nSPS) is 11.3. The van der Waals surface area contributed by atoms with Crippen LogP contribution in [0.5, 0.6) is 0 Å². The molecular weight excluding hydrogens is 292 g/mol. The Morgan fingerprint density at radius 3 is 1.52 bits per heavy atom. The van der Waals surface area contributed by atoms with E-state index in [1.807, 2.05) is 60.6 Å². The Balaban J connectivity index is 0. The van der Waals surface area contributed by atoms with Crippen LogP contribution in [0.4, 0.5) is 0 Å². The van der Waals surface area contributed by atoms with Gasteiger partial charge >= 0.3 is 11.9 Å². The van der Waals surface area contributed by atoms with E-state index in [1.165, 1.54) is 0 Å². The van der Waals surface area contributed by atoms with Crippen LogP contribution in [0.15, 0.2) is 46.6 Å². The average molecular weight is 322 g/mol.